The third-order valence-electron chi connectivity index (χ3n) is 6.83. The van der Waals surface area contributed by atoms with Crippen molar-refractivity contribution in [1.29, 1.82) is 0 Å². The van der Waals surface area contributed by atoms with E-state index in [0.29, 0.717) is 23.8 Å². The highest BCUT2D eigenvalue weighted by Crippen LogP contribution is 2.41. The van der Waals surface area contributed by atoms with E-state index >= 15 is 0 Å². The number of hydrogen-bond donors (Lipinski definition) is 1. The molecule has 5 heteroatoms. The Labute approximate surface area is 213 Å². The topological polar surface area (TPSA) is 55.8 Å². The van der Waals surface area contributed by atoms with Gasteiger partial charge in [0.2, 0.25) is 0 Å². The lowest BCUT2D eigenvalue weighted by Gasteiger charge is -2.25. The molecule has 1 saturated carbocycles. The first-order valence-corrected chi connectivity index (χ1v) is 12.6. The lowest BCUT2D eigenvalue weighted by Crippen LogP contribution is -2.14. The molecule has 0 heterocycles. The van der Waals surface area contributed by atoms with Crippen molar-refractivity contribution in [3.63, 3.8) is 0 Å². The van der Waals surface area contributed by atoms with Crippen LogP contribution in [0.4, 0.5) is 4.39 Å². The van der Waals surface area contributed by atoms with Crippen molar-refractivity contribution < 1.29 is 23.8 Å². The van der Waals surface area contributed by atoms with Crippen LogP contribution in [0, 0.1) is 11.7 Å². The highest BCUT2D eigenvalue weighted by Gasteiger charge is 2.28. The van der Waals surface area contributed by atoms with Crippen molar-refractivity contribution in [2.24, 2.45) is 5.92 Å². The Morgan fingerprint density at radius 3 is 2.47 bits per heavy atom. The molecule has 0 saturated heterocycles. The molecule has 1 aliphatic carbocycles. The molecule has 3 aromatic rings. The van der Waals surface area contributed by atoms with E-state index in [2.05, 4.69) is 26.8 Å². The Balaban J connectivity index is 1.56. The fourth-order valence-electron chi connectivity index (χ4n) is 4.70. The summed E-state index contributed by atoms with van der Waals surface area (Å²) in [4.78, 5) is 11.4. The van der Waals surface area contributed by atoms with Crippen molar-refractivity contribution in [1.82, 2.24) is 0 Å². The number of ether oxygens (including phenoxy) is 2. The van der Waals surface area contributed by atoms with E-state index in [-0.39, 0.29) is 23.6 Å². The minimum Gasteiger partial charge on any atom is -0.497 e. The van der Waals surface area contributed by atoms with E-state index in [1.165, 1.54) is 18.9 Å². The zero-order chi connectivity index (χ0) is 25.9. The lowest BCUT2D eigenvalue weighted by atomic mass is 9.81. The maximum absolute atomic E-state index is 14.8. The number of benzene rings is 3. The molecule has 0 spiro atoms. The molecule has 0 amide bonds. The van der Waals surface area contributed by atoms with E-state index in [0.717, 1.165) is 34.4 Å². The average Bonchev–Trinajstić information content (AvgIpc) is 3.66. The molecule has 0 radical (unpaired) electrons. The molecular formula is C31H35FO4. The first kappa shape index (κ1) is 25.7. The molecule has 1 atom stereocenters. The van der Waals surface area contributed by atoms with Crippen LogP contribution in [-0.2, 0) is 16.8 Å². The third-order valence-corrected chi connectivity index (χ3v) is 6.83. The fourth-order valence-corrected chi connectivity index (χ4v) is 4.70. The minimum atomic E-state index is -0.769. The second-order valence-corrected chi connectivity index (χ2v) is 10.8. The fraction of sp³-hybridized carbons (Fsp3) is 0.387. The van der Waals surface area contributed by atoms with Crippen LogP contribution in [0.3, 0.4) is 0 Å². The zero-order valence-corrected chi connectivity index (χ0v) is 21.5. The van der Waals surface area contributed by atoms with Crippen LogP contribution in [0.25, 0.3) is 11.1 Å². The summed E-state index contributed by atoms with van der Waals surface area (Å²) in [6.07, 6.45) is 3.43. The smallest absolute Gasteiger partial charge is 0.303 e. The first-order chi connectivity index (χ1) is 17.1. The second-order valence-electron chi connectivity index (χ2n) is 10.8. The summed E-state index contributed by atoms with van der Waals surface area (Å²) < 4.78 is 26.2. The lowest BCUT2D eigenvalue weighted by molar-refractivity contribution is -0.137. The number of carboxylic acid groups (broad SMARTS) is 1. The predicted octanol–water partition coefficient (Wildman–Crippen LogP) is 7.74. The highest BCUT2D eigenvalue weighted by atomic mass is 19.1. The van der Waals surface area contributed by atoms with E-state index in [9.17, 15) is 14.3 Å². The largest absolute Gasteiger partial charge is 0.497 e. The van der Waals surface area contributed by atoms with E-state index in [1.54, 1.807) is 19.2 Å². The average molecular weight is 491 g/mol. The Kier molecular flexibility index (Phi) is 7.67. The summed E-state index contributed by atoms with van der Waals surface area (Å²) in [6.45, 7) is 6.70. The van der Waals surface area contributed by atoms with Gasteiger partial charge < -0.3 is 14.6 Å². The number of carbonyl (C=O) groups is 1. The molecule has 4 rings (SSSR count). The standard InChI is InChI=1S/C31H35FO4/c1-31(2,3)28-15-21(10-12-26(28)27-18-24(35-4)11-13-29(27)32)19-36-25-7-5-6-22(16-25)23(17-30(33)34)14-20-8-9-20/h5-7,10-13,15-16,18,20,23H,8-9,14,17,19H2,1-4H3,(H,33,34)/t23-/m0/s1. The van der Waals surface area contributed by atoms with Crippen LogP contribution >= 0.6 is 0 Å². The van der Waals surface area contributed by atoms with Crippen LogP contribution in [0.1, 0.15) is 69.1 Å². The Hall–Kier alpha value is -3.34. The maximum atomic E-state index is 14.8. The molecule has 1 N–H and O–H groups in total. The van der Waals surface area contributed by atoms with Gasteiger partial charge >= 0.3 is 5.97 Å². The van der Waals surface area contributed by atoms with Gasteiger partial charge in [-0.05, 0) is 76.3 Å². The SMILES string of the molecule is COc1ccc(F)c(-c2ccc(COc3cccc([C@H](CC(=O)O)CC4CC4)c3)cc2C(C)(C)C)c1. The number of aliphatic carboxylic acids is 1. The molecule has 0 unspecified atom stereocenters. The Morgan fingerprint density at radius 1 is 1.03 bits per heavy atom. The minimum absolute atomic E-state index is 0.00286. The molecule has 3 aromatic carbocycles. The molecule has 0 bridgehead atoms. The van der Waals surface area contributed by atoms with E-state index in [1.807, 2.05) is 36.4 Å². The number of rotatable bonds is 10. The van der Waals surface area contributed by atoms with Gasteiger partial charge in [-0.1, -0.05) is 63.9 Å². The van der Waals surface area contributed by atoms with Gasteiger partial charge in [0.05, 0.1) is 13.5 Å². The van der Waals surface area contributed by atoms with Gasteiger partial charge in [-0.15, -0.1) is 0 Å². The number of hydrogen-bond acceptors (Lipinski definition) is 3. The quantitative estimate of drug-likeness (QED) is 0.316. The van der Waals surface area contributed by atoms with Gasteiger partial charge in [0.1, 0.15) is 23.9 Å². The summed E-state index contributed by atoms with van der Waals surface area (Å²) in [5, 5.41) is 9.38. The molecule has 1 fully saturated rings. The van der Waals surface area contributed by atoms with Crippen molar-refractivity contribution in [3.8, 4) is 22.6 Å². The van der Waals surface area contributed by atoms with Gasteiger partial charge in [0.15, 0.2) is 0 Å². The third kappa shape index (κ3) is 6.45. The van der Waals surface area contributed by atoms with Crippen LogP contribution in [-0.4, -0.2) is 18.2 Å². The number of carboxylic acids is 1. The van der Waals surface area contributed by atoms with Gasteiger partial charge in [-0.2, -0.15) is 0 Å². The molecule has 36 heavy (non-hydrogen) atoms. The van der Waals surface area contributed by atoms with E-state index in [4.69, 9.17) is 9.47 Å². The predicted molar refractivity (Wildman–Crippen MR) is 140 cm³/mol. The monoisotopic (exact) mass is 490 g/mol. The summed E-state index contributed by atoms with van der Waals surface area (Å²) in [7, 11) is 1.58. The molecule has 1 aliphatic rings. The summed E-state index contributed by atoms with van der Waals surface area (Å²) in [6, 6.07) is 18.6. The summed E-state index contributed by atoms with van der Waals surface area (Å²) >= 11 is 0. The van der Waals surface area contributed by atoms with Gasteiger partial charge in [0.25, 0.3) is 0 Å². The van der Waals surface area contributed by atoms with E-state index < -0.39 is 5.97 Å². The number of halogens is 1. The van der Waals surface area contributed by atoms with Crippen LogP contribution < -0.4 is 9.47 Å². The molecule has 0 aromatic heterocycles. The van der Waals surface area contributed by atoms with Crippen LogP contribution in [0.2, 0.25) is 0 Å². The molecular weight excluding hydrogens is 455 g/mol. The Morgan fingerprint density at radius 2 is 1.81 bits per heavy atom. The summed E-state index contributed by atoms with van der Waals surface area (Å²) in [5.74, 6) is 0.921. The van der Waals surface area contributed by atoms with Crippen molar-refractivity contribution >= 4 is 5.97 Å². The first-order valence-electron chi connectivity index (χ1n) is 12.6. The normalized spacial score (nSPS) is 14.4. The van der Waals surface area contributed by atoms with Crippen LogP contribution in [0.5, 0.6) is 11.5 Å². The molecule has 190 valence electrons. The maximum Gasteiger partial charge on any atom is 0.303 e. The number of methoxy groups -OCH3 is 1. The van der Waals surface area contributed by atoms with Crippen molar-refractivity contribution in [2.75, 3.05) is 7.11 Å². The Bertz CT molecular complexity index is 1220. The van der Waals surface area contributed by atoms with Crippen molar-refractivity contribution in [2.45, 2.75) is 64.4 Å². The van der Waals surface area contributed by atoms with Gasteiger partial charge in [-0.25, -0.2) is 4.39 Å². The zero-order valence-electron chi connectivity index (χ0n) is 21.5. The molecule has 0 aliphatic heterocycles. The second kappa shape index (κ2) is 10.7. The van der Waals surface area contributed by atoms with Gasteiger partial charge in [-0.3, -0.25) is 4.79 Å². The summed E-state index contributed by atoms with van der Waals surface area (Å²) in [5.41, 5.74) is 4.16. The molecule has 4 nitrogen and oxygen atoms in total. The highest BCUT2D eigenvalue weighted by molar-refractivity contribution is 5.71. The van der Waals surface area contributed by atoms with Gasteiger partial charge in [0, 0.05) is 5.56 Å². The van der Waals surface area contributed by atoms with Crippen molar-refractivity contribution in [3.05, 3.63) is 83.2 Å². The van der Waals surface area contributed by atoms with Crippen LogP contribution in [0.15, 0.2) is 60.7 Å².